The average molecular weight is 505 g/mol. The third-order valence-corrected chi connectivity index (χ3v) is 12.0. The van der Waals surface area contributed by atoms with Crippen molar-refractivity contribution in [3.05, 3.63) is 69.7 Å². The minimum Gasteiger partial charge on any atom is -0.563 e. The second kappa shape index (κ2) is 9.47. The number of carbonyl (C=O) groups excluding carboxylic acids is 1. The lowest BCUT2D eigenvalue weighted by atomic mass is 9.89. The summed E-state index contributed by atoms with van der Waals surface area (Å²) in [6, 6.07) is 15.9. The van der Waals surface area contributed by atoms with Crippen molar-refractivity contribution in [2.45, 2.75) is 70.9 Å². The molecule has 2 aromatic rings. The molecule has 0 spiro atoms. The zero-order valence-electron chi connectivity index (χ0n) is 19.4. The lowest BCUT2D eigenvalue weighted by Gasteiger charge is -2.51. The molecule has 0 N–H and O–H groups in total. The first kappa shape index (κ1) is 24.0. The van der Waals surface area contributed by atoms with E-state index in [1.54, 1.807) is 0 Å². The number of fused-ring (bicyclic) bond motifs is 1. The van der Waals surface area contributed by atoms with E-state index in [9.17, 15) is 4.79 Å². The van der Waals surface area contributed by atoms with Gasteiger partial charge in [0.05, 0.1) is 12.1 Å². The van der Waals surface area contributed by atoms with Crippen LogP contribution in [-0.4, -0.2) is 32.0 Å². The second-order valence-electron chi connectivity index (χ2n) is 9.86. The summed E-state index contributed by atoms with van der Waals surface area (Å²) >= 11 is 3.71. The number of rotatable bonds is 5. The van der Waals surface area contributed by atoms with Crippen LogP contribution in [0.1, 0.15) is 50.4 Å². The SMILES string of the molecule is C[C@H]1c2cccc(Br)c2C[C@H](CO[Si-](C)(C)C(C)(C)C)N1C(=O)OCc1ccccc1. The Kier molecular flexibility index (Phi) is 7.34. The molecule has 6 heteroatoms. The summed E-state index contributed by atoms with van der Waals surface area (Å²) in [7, 11) is -1.94. The van der Waals surface area contributed by atoms with Crippen molar-refractivity contribution in [1.82, 2.24) is 4.90 Å². The number of hydrogen-bond donors (Lipinski definition) is 0. The minimum absolute atomic E-state index is 0.0707. The third-order valence-electron chi connectivity index (χ3n) is 6.71. The third kappa shape index (κ3) is 5.41. The zero-order valence-corrected chi connectivity index (χ0v) is 22.0. The van der Waals surface area contributed by atoms with Gasteiger partial charge in [-0.1, -0.05) is 79.2 Å². The van der Waals surface area contributed by atoms with Crippen LogP contribution in [0.5, 0.6) is 0 Å². The molecule has 2 atom stereocenters. The Morgan fingerprint density at radius 2 is 1.81 bits per heavy atom. The van der Waals surface area contributed by atoms with Gasteiger partial charge in [0.15, 0.2) is 0 Å². The highest BCUT2D eigenvalue weighted by atomic mass is 79.9. The van der Waals surface area contributed by atoms with E-state index in [1.165, 1.54) is 5.56 Å². The fourth-order valence-electron chi connectivity index (χ4n) is 3.74. The molecule has 169 valence electrons. The van der Waals surface area contributed by atoms with Crippen LogP contribution >= 0.6 is 15.9 Å². The molecule has 0 radical (unpaired) electrons. The van der Waals surface area contributed by atoms with Gasteiger partial charge in [-0.05, 0) is 44.4 Å². The first-order valence-electron chi connectivity index (χ1n) is 10.9. The summed E-state index contributed by atoms with van der Waals surface area (Å²) in [5.41, 5.74) is 3.40. The number of halogens is 1. The molecule has 0 saturated heterocycles. The Labute approximate surface area is 196 Å². The molecule has 1 heterocycles. The molecule has 0 aliphatic carbocycles. The molecular weight excluding hydrogens is 470 g/mol. The van der Waals surface area contributed by atoms with Gasteiger partial charge >= 0.3 is 6.09 Å². The number of benzene rings is 2. The molecule has 2 aromatic carbocycles. The van der Waals surface area contributed by atoms with Crippen LogP contribution in [0.4, 0.5) is 4.79 Å². The normalized spacial score (nSPS) is 19.1. The summed E-state index contributed by atoms with van der Waals surface area (Å²) in [4.78, 5) is 15.1. The van der Waals surface area contributed by atoms with Gasteiger partial charge in [0.25, 0.3) is 0 Å². The molecule has 0 fully saturated rings. The number of carbonyl (C=O) groups is 1. The molecule has 31 heavy (non-hydrogen) atoms. The fourth-order valence-corrected chi connectivity index (χ4v) is 5.33. The van der Waals surface area contributed by atoms with Gasteiger partial charge in [-0.2, -0.15) is 0 Å². The van der Waals surface area contributed by atoms with E-state index in [0.29, 0.717) is 6.61 Å². The van der Waals surface area contributed by atoms with E-state index in [1.807, 2.05) is 41.3 Å². The van der Waals surface area contributed by atoms with Crippen LogP contribution in [0, 0.1) is 0 Å². The quantitative estimate of drug-likeness (QED) is 0.408. The minimum atomic E-state index is -1.94. The van der Waals surface area contributed by atoms with Crippen molar-refractivity contribution in [3.8, 4) is 0 Å². The van der Waals surface area contributed by atoms with E-state index in [2.05, 4.69) is 68.9 Å². The molecule has 4 nitrogen and oxygen atoms in total. The summed E-state index contributed by atoms with van der Waals surface area (Å²) < 4.78 is 13.4. The number of hydrogen-bond acceptors (Lipinski definition) is 3. The van der Waals surface area contributed by atoms with Gasteiger partial charge in [-0.15, -0.1) is 18.1 Å². The molecule has 3 rings (SSSR count). The monoisotopic (exact) mass is 503 g/mol. The summed E-state index contributed by atoms with van der Waals surface area (Å²) in [5, 5.41) is 0.115. The van der Waals surface area contributed by atoms with Crippen molar-refractivity contribution >= 4 is 30.3 Å². The maximum absolute atomic E-state index is 13.3. The Morgan fingerprint density at radius 3 is 2.45 bits per heavy atom. The highest BCUT2D eigenvalue weighted by molar-refractivity contribution is 9.10. The van der Waals surface area contributed by atoms with Crippen LogP contribution in [0.3, 0.4) is 0 Å². The van der Waals surface area contributed by atoms with Crippen LogP contribution in [0.25, 0.3) is 0 Å². The van der Waals surface area contributed by atoms with Crippen molar-refractivity contribution in [2.75, 3.05) is 6.61 Å². The Hall–Kier alpha value is -1.63. The van der Waals surface area contributed by atoms with Gasteiger partial charge < -0.3 is 9.16 Å². The predicted molar refractivity (Wildman–Crippen MR) is 132 cm³/mol. The molecule has 1 aliphatic rings. The van der Waals surface area contributed by atoms with Crippen molar-refractivity contribution in [2.24, 2.45) is 0 Å². The van der Waals surface area contributed by atoms with Crippen LogP contribution in [0.2, 0.25) is 18.1 Å². The highest BCUT2D eigenvalue weighted by Crippen LogP contribution is 2.40. The largest absolute Gasteiger partial charge is 0.563 e. The maximum atomic E-state index is 13.3. The standard InChI is InChI=1S/C25H34BrNO3Si/c1-18-21-13-10-14-23(26)22(21)15-20(17-30-31(5,6)25(2,3)4)27(18)24(28)29-16-19-11-8-7-9-12-19/h7-14,18,20H,15-17H2,1-6H3/q-1/t18-,20+/m0/s1. The molecule has 0 aromatic heterocycles. The molecular formula is C25H34BrNO3Si-. The van der Waals surface area contributed by atoms with Crippen LogP contribution in [-0.2, 0) is 22.2 Å². The van der Waals surface area contributed by atoms with Crippen LogP contribution in [0.15, 0.2) is 53.0 Å². The number of ether oxygens (including phenoxy) is 1. The summed E-state index contributed by atoms with van der Waals surface area (Å²) in [6.07, 6.45) is 0.460. The number of amides is 1. The first-order chi connectivity index (χ1) is 14.5. The smallest absolute Gasteiger partial charge is 0.410 e. The summed E-state index contributed by atoms with van der Waals surface area (Å²) in [6.45, 7) is 14.1. The molecule has 0 unspecified atom stereocenters. The van der Waals surface area contributed by atoms with Gasteiger partial charge in [0.2, 0.25) is 0 Å². The van der Waals surface area contributed by atoms with Gasteiger partial charge in [0.1, 0.15) is 6.61 Å². The average Bonchev–Trinajstić information content (AvgIpc) is 2.71. The molecule has 1 aliphatic heterocycles. The maximum Gasteiger partial charge on any atom is 0.410 e. The van der Waals surface area contributed by atoms with Gasteiger partial charge in [0, 0.05) is 11.1 Å². The van der Waals surface area contributed by atoms with Crippen molar-refractivity contribution in [3.63, 3.8) is 0 Å². The zero-order chi connectivity index (χ0) is 22.8. The van der Waals surface area contributed by atoms with Crippen LogP contribution < -0.4 is 0 Å². The van der Waals surface area contributed by atoms with E-state index >= 15 is 0 Å². The lowest BCUT2D eigenvalue weighted by molar-refractivity contribution is 0.0428. The topological polar surface area (TPSA) is 38.8 Å². The van der Waals surface area contributed by atoms with E-state index in [-0.39, 0.29) is 29.8 Å². The Bertz CT molecular complexity index is 911. The molecule has 0 bridgehead atoms. The first-order valence-corrected chi connectivity index (χ1v) is 14.6. The fraction of sp³-hybridized carbons (Fsp3) is 0.480. The van der Waals surface area contributed by atoms with Gasteiger partial charge in [-0.3, -0.25) is 4.90 Å². The van der Waals surface area contributed by atoms with Crippen molar-refractivity contribution in [1.29, 1.82) is 0 Å². The van der Waals surface area contributed by atoms with E-state index in [0.717, 1.165) is 22.0 Å². The molecule has 0 saturated carbocycles. The second-order valence-corrected chi connectivity index (χ2v) is 15.5. The number of nitrogens with zero attached hydrogens (tertiary/aromatic N) is 1. The Balaban J connectivity index is 1.84. The van der Waals surface area contributed by atoms with Gasteiger partial charge in [-0.25, -0.2) is 4.79 Å². The lowest BCUT2D eigenvalue weighted by Crippen LogP contribution is -2.51. The predicted octanol–water partition coefficient (Wildman–Crippen LogP) is 7.10. The van der Waals surface area contributed by atoms with Crippen molar-refractivity contribution < 1.29 is 14.0 Å². The highest BCUT2D eigenvalue weighted by Gasteiger charge is 2.37. The molecule has 1 amide bonds. The van der Waals surface area contributed by atoms with E-state index < -0.39 is 8.32 Å². The Morgan fingerprint density at radius 1 is 1.13 bits per heavy atom. The van der Waals surface area contributed by atoms with E-state index in [4.69, 9.17) is 9.16 Å². The summed E-state index contributed by atoms with van der Waals surface area (Å²) in [5.74, 6) is 0.